The predicted molar refractivity (Wildman–Crippen MR) is 162 cm³/mol. The number of carbonyl (C=O) groups is 1. The number of nitrogens with zero attached hydrogens (tertiary/aromatic N) is 3. The van der Waals surface area contributed by atoms with Crippen molar-refractivity contribution in [1.82, 2.24) is 10.3 Å². The first-order chi connectivity index (χ1) is 20.1. The van der Waals surface area contributed by atoms with E-state index in [0.29, 0.717) is 12.1 Å². The molecular weight excluding hydrogens is 512 g/mol. The topological polar surface area (TPSA) is 102 Å². The van der Waals surface area contributed by atoms with Gasteiger partial charge in [0.05, 0.1) is 12.7 Å². The van der Waals surface area contributed by atoms with Gasteiger partial charge in [0.25, 0.3) is 0 Å². The number of nitrogens with one attached hydrogen (secondary N) is 3. The molecule has 41 heavy (non-hydrogen) atoms. The quantitative estimate of drug-likeness (QED) is 0.212. The molecule has 0 atom stereocenters. The van der Waals surface area contributed by atoms with E-state index < -0.39 is 0 Å². The lowest BCUT2D eigenvalue weighted by molar-refractivity contribution is 0.240. The van der Waals surface area contributed by atoms with Crippen LogP contribution in [0.4, 0.5) is 27.7 Å². The number of urea groups is 1. The molecule has 208 valence electrons. The van der Waals surface area contributed by atoms with Gasteiger partial charge >= 0.3 is 6.03 Å². The molecular formula is C33H34N6O2. The van der Waals surface area contributed by atoms with Crippen molar-refractivity contribution in [2.24, 2.45) is 0 Å². The number of ether oxygens (including phenoxy) is 1. The lowest BCUT2D eigenvalue weighted by Gasteiger charge is -2.37. The summed E-state index contributed by atoms with van der Waals surface area (Å²) in [5.41, 5.74) is 4.36. The summed E-state index contributed by atoms with van der Waals surface area (Å²) in [4.78, 5) is 19.9. The molecule has 1 heterocycles. The number of aromatic nitrogens is 1. The van der Waals surface area contributed by atoms with Crippen molar-refractivity contribution < 1.29 is 9.53 Å². The van der Waals surface area contributed by atoms with Gasteiger partial charge in [0.15, 0.2) is 0 Å². The van der Waals surface area contributed by atoms with Gasteiger partial charge < -0.3 is 20.7 Å². The second kappa shape index (κ2) is 13.4. The highest BCUT2D eigenvalue weighted by molar-refractivity contribution is 5.93. The van der Waals surface area contributed by atoms with Gasteiger partial charge in [0, 0.05) is 41.9 Å². The number of benzene rings is 3. The van der Waals surface area contributed by atoms with Gasteiger partial charge in [0.2, 0.25) is 0 Å². The van der Waals surface area contributed by atoms with Crippen LogP contribution in [0.25, 0.3) is 0 Å². The van der Waals surface area contributed by atoms with Gasteiger partial charge in [0.1, 0.15) is 17.6 Å². The third kappa shape index (κ3) is 7.34. The Bertz CT molecular complexity index is 1440. The molecule has 5 rings (SSSR count). The Morgan fingerprint density at radius 3 is 2.22 bits per heavy atom. The molecule has 0 saturated heterocycles. The van der Waals surface area contributed by atoms with E-state index in [2.05, 4.69) is 27.0 Å². The zero-order valence-electron chi connectivity index (χ0n) is 23.1. The summed E-state index contributed by atoms with van der Waals surface area (Å²) in [7, 11) is 1.65. The number of methoxy groups -OCH3 is 1. The molecule has 0 bridgehead atoms. The molecule has 1 aromatic heterocycles. The van der Waals surface area contributed by atoms with Crippen LogP contribution in [0.2, 0.25) is 0 Å². The lowest BCUT2D eigenvalue weighted by Crippen LogP contribution is -2.48. The number of hydrogen-bond acceptors (Lipinski definition) is 6. The van der Waals surface area contributed by atoms with E-state index in [9.17, 15) is 4.79 Å². The van der Waals surface area contributed by atoms with Gasteiger partial charge in [-0.15, -0.1) is 0 Å². The molecule has 3 N–H and O–H groups in total. The summed E-state index contributed by atoms with van der Waals surface area (Å²) in [6.07, 6.45) is 5.12. The molecule has 4 aromatic rings. The molecule has 3 aromatic carbocycles. The fraction of sp³-hybridized carbons (Fsp3) is 0.242. The van der Waals surface area contributed by atoms with E-state index >= 15 is 0 Å². The Labute approximate surface area is 241 Å². The largest absolute Gasteiger partial charge is 0.497 e. The van der Waals surface area contributed by atoms with E-state index in [-0.39, 0.29) is 18.1 Å². The maximum atomic E-state index is 13.6. The van der Waals surface area contributed by atoms with Gasteiger partial charge in [-0.05, 0) is 91.9 Å². The van der Waals surface area contributed by atoms with Crippen LogP contribution in [-0.4, -0.2) is 30.2 Å². The van der Waals surface area contributed by atoms with E-state index in [1.165, 1.54) is 0 Å². The Kier molecular flexibility index (Phi) is 8.97. The van der Waals surface area contributed by atoms with Crippen LogP contribution in [0.15, 0.2) is 97.2 Å². The Morgan fingerprint density at radius 2 is 1.61 bits per heavy atom. The van der Waals surface area contributed by atoms with Gasteiger partial charge in [-0.25, -0.2) is 9.78 Å². The average Bonchev–Trinajstić information content (AvgIpc) is 3.03. The van der Waals surface area contributed by atoms with Gasteiger partial charge in [-0.3, -0.25) is 4.90 Å². The number of anilines is 4. The van der Waals surface area contributed by atoms with Crippen molar-refractivity contribution in [2.45, 2.75) is 44.3 Å². The summed E-state index contributed by atoms with van der Waals surface area (Å²) in [5, 5.41) is 19.0. The molecule has 1 saturated carbocycles. The highest BCUT2D eigenvalue weighted by Crippen LogP contribution is 2.31. The molecule has 1 aliphatic rings. The minimum Gasteiger partial charge on any atom is -0.497 e. The van der Waals surface area contributed by atoms with Crippen LogP contribution in [0.1, 0.15) is 36.8 Å². The monoisotopic (exact) mass is 546 g/mol. The zero-order valence-corrected chi connectivity index (χ0v) is 23.1. The first-order valence-corrected chi connectivity index (χ1v) is 13.9. The summed E-state index contributed by atoms with van der Waals surface area (Å²) in [6, 6.07) is 31.7. The van der Waals surface area contributed by atoms with Crippen LogP contribution in [0.5, 0.6) is 5.75 Å². The summed E-state index contributed by atoms with van der Waals surface area (Å²) < 4.78 is 5.25. The molecule has 0 spiro atoms. The molecule has 0 aliphatic heterocycles. The predicted octanol–water partition coefficient (Wildman–Crippen LogP) is 6.84. The Hall–Kier alpha value is -5.03. The van der Waals surface area contributed by atoms with E-state index in [1.54, 1.807) is 19.4 Å². The highest BCUT2D eigenvalue weighted by atomic mass is 16.5. The number of rotatable bonds is 9. The van der Waals surface area contributed by atoms with E-state index in [4.69, 9.17) is 10.00 Å². The van der Waals surface area contributed by atoms with Crippen LogP contribution >= 0.6 is 0 Å². The number of amides is 2. The van der Waals surface area contributed by atoms with Crippen molar-refractivity contribution in [1.29, 1.82) is 5.26 Å². The fourth-order valence-corrected chi connectivity index (χ4v) is 5.13. The minimum atomic E-state index is -0.102. The maximum absolute atomic E-state index is 13.6. The second-order valence-electron chi connectivity index (χ2n) is 10.1. The van der Waals surface area contributed by atoms with E-state index in [0.717, 1.165) is 59.9 Å². The number of nitriles is 1. The van der Waals surface area contributed by atoms with Crippen LogP contribution in [-0.2, 0) is 6.54 Å². The first-order valence-electron chi connectivity index (χ1n) is 13.9. The highest BCUT2D eigenvalue weighted by Gasteiger charge is 2.30. The number of carbonyl (C=O) groups excluding carboxylic acids is 1. The van der Waals surface area contributed by atoms with Crippen molar-refractivity contribution in [3.63, 3.8) is 0 Å². The lowest BCUT2D eigenvalue weighted by atomic mass is 9.90. The molecule has 8 nitrogen and oxygen atoms in total. The number of hydrogen-bond donors (Lipinski definition) is 3. The SMILES string of the molecule is COc1ccc(Nc2ccc(N(C(=O)NCc3ccccc3)C3CCC(Nc4ccc(C#N)cn4)CC3)cc2)cc1. The minimum absolute atomic E-state index is 0.0677. The maximum Gasteiger partial charge on any atom is 0.322 e. The van der Waals surface area contributed by atoms with E-state index in [1.807, 2.05) is 89.8 Å². The number of pyridine rings is 1. The average molecular weight is 547 g/mol. The fourth-order valence-electron chi connectivity index (χ4n) is 5.13. The summed E-state index contributed by atoms with van der Waals surface area (Å²) >= 11 is 0. The molecule has 0 radical (unpaired) electrons. The van der Waals surface area contributed by atoms with Crippen molar-refractivity contribution in [3.05, 3.63) is 108 Å². The third-order valence-electron chi connectivity index (χ3n) is 7.34. The molecule has 0 unspecified atom stereocenters. The van der Waals surface area contributed by atoms with Gasteiger partial charge in [-0.2, -0.15) is 5.26 Å². The molecule has 2 amide bonds. The smallest absolute Gasteiger partial charge is 0.322 e. The summed E-state index contributed by atoms with van der Waals surface area (Å²) in [6.45, 7) is 0.467. The summed E-state index contributed by atoms with van der Waals surface area (Å²) in [5.74, 6) is 1.58. The van der Waals surface area contributed by atoms with Crippen LogP contribution < -0.4 is 25.6 Å². The van der Waals surface area contributed by atoms with Crippen molar-refractivity contribution in [3.8, 4) is 11.8 Å². The second-order valence-corrected chi connectivity index (χ2v) is 10.1. The third-order valence-corrected chi connectivity index (χ3v) is 7.34. The van der Waals surface area contributed by atoms with Crippen LogP contribution in [0, 0.1) is 11.3 Å². The Balaban J connectivity index is 1.27. The normalized spacial score (nSPS) is 16.2. The molecule has 1 fully saturated rings. The zero-order chi connectivity index (χ0) is 28.4. The first kappa shape index (κ1) is 27.5. The molecule has 8 heteroatoms. The van der Waals surface area contributed by atoms with Crippen molar-refractivity contribution >= 4 is 28.9 Å². The Morgan fingerprint density at radius 1 is 0.927 bits per heavy atom. The molecule has 1 aliphatic carbocycles. The van der Waals surface area contributed by atoms with Crippen molar-refractivity contribution in [2.75, 3.05) is 22.6 Å². The van der Waals surface area contributed by atoms with Gasteiger partial charge in [-0.1, -0.05) is 30.3 Å². The standard InChI is InChI=1S/C33H34N6O2/c1-41-31-18-12-27(13-19-31)37-26-8-14-29(15-9-26)39(33(40)36-22-24-5-3-2-4-6-24)30-16-10-28(11-17-30)38-32-20-7-25(21-34)23-35-32/h2-9,12-15,18-20,23,28,30,37H,10-11,16-17,22H2,1H3,(H,35,38)(H,36,40). The van der Waals surface area contributed by atoms with Crippen LogP contribution in [0.3, 0.4) is 0 Å².